The van der Waals surface area contributed by atoms with Crippen molar-refractivity contribution in [3.8, 4) is 17.1 Å². The van der Waals surface area contributed by atoms with E-state index in [-0.39, 0.29) is 0 Å². The van der Waals surface area contributed by atoms with Gasteiger partial charge in [-0.2, -0.15) is 0 Å². The van der Waals surface area contributed by atoms with Crippen molar-refractivity contribution in [3.05, 3.63) is 91.1 Å². The minimum Gasteiger partial charge on any atom is -0.439 e. The molecule has 4 heterocycles. The maximum atomic E-state index is 6.25. The lowest BCUT2D eigenvalue weighted by Crippen LogP contribution is -1.98. The average Bonchev–Trinajstić information content (AvgIpc) is 3.29. The number of para-hydroxylation sites is 1. The van der Waals surface area contributed by atoms with Gasteiger partial charge in [0.25, 0.3) is 0 Å². The lowest BCUT2D eigenvalue weighted by molar-refractivity contribution is 0.644. The van der Waals surface area contributed by atoms with Gasteiger partial charge in [0.05, 0.1) is 16.6 Å². The molecule has 0 radical (unpaired) electrons. The molecular weight excluding hydrogens is 346 g/mol. The van der Waals surface area contributed by atoms with Crippen LogP contribution in [-0.4, -0.2) is 14.5 Å². The Bertz CT molecular complexity index is 1460. The molecule has 0 fully saturated rings. The highest BCUT2D eigenvalue weighted by atomic mass is 16.3. The van der Waals surface area contributed by atoms with Crippen molar-refractivity contribution < 1.29 is 4.42 Å². The fourth-order valence-electron chi connectivity index (χ4n) is 3.84. The smallest absolute Gasteiger partial charge is 0.216 e. The number of fused-ring (bicyclic) bond motifs is 5. The lowest BCUT2D eigenvalue weighted by Gasteiger charge is -2.07. The Labute approximate surface area is 160 Å². The van der Waals surface area contributed by atoms with E-state index in [1.165, 1.54) is 0 Å². The quantitative estimate of drug-likeness (QED) is 0.381. The molecule has 0 atom stereocenters. The lowest BCUT2D eigenvalue weighted by atomic mass is 10.1. The Morgan fingerprint density at radius 1 is 0.750 bits per heavy atom. The second kappa shape index (κ2) is 5.79. The normalized spacial score (nSPS) is 11.6. The third-order valence-corrected chi connectivity index (χ3v) is 5.08. The average molecular weight is 361 g/mol. The molecule has 4 nitrogen and oxygen atoms in total. The number of rotatable bonds is 2. The van der Waals surface area contributed by atoms with E-state index in [0.29, 0.717) is 0 Å². The molecule has 0 N–H and O–H groups in total. The molecule has 4 aromatic heterocycles. The number of pyridine rings is 2. The van der Waals surface area contributed by atoms with Crippen LogP contribution in [0.2, 0.25) is 0 Å². The number of hydrogen-bond donors (Lipinski definition) is 0. The van der Waals surface area contributed by atoms with Crippen LogP contribution in [0.1, 0.15) is 0 Å². The minimum absolute atomic E-state index is 0.771. The Morgan fingerprint density at radius 3 is 2.54 bits per heavy atom. The van der Waals surface area contributed by atoms with Gasteiger partial charge in [-0.1, -0.05) is 54.6 Å². The second-order valence-electron chi connectivity index (χ2n) is 6.73. The van der Waals surface area contributed by atoms with Crippen LogP contribution in [0.15, 0.2) is 95.5 Å². The van der Waals surface area contributed by atoms with E-state index in [1.54, 1.807) is 0 Å². The Kier molecular flexibility index (Phi) is 3.14. The molecule has 0 bridgehead atoms. The molecule has 4 heteroatoms. The molecule has 6 rings (SSSR count). The molecule has 0 spiro atoms. The standard InChI is InChI=1S/C24H15N3O/c1-2-8-16(9-3-1)18-11-6-14-21(26-18)27-19-12-7-15-25-23(19)22-17-10-4-5-13-20(17)28-24(22)27/h1-15H. The van der Waals surface area contributed by atoms with Gasteiger partial charge in [-0.05, 0) is 30.3 Å². The van der Waals surface area contributed by atoms with Crippen molar-refractivity contribution in [1.82, 2.24) is 14.5 Å². The van der Waals surface area contributed by atoms with Gasteiger partial charge in [-0.3, -0.25) is 9.55 Å². The van der Waals surface area contributed by atoms with E-state index >= 15 is 0 Å². The van der Waals surface area contributed by atoms with E-state index in [0.717, 1.165) is 50.2 Å². The number of hydrogen-bond acceptors (Lipinski definition) is 3. The highest BCUT2D eigenvalue weighted by Crippen LogP contribution is 2.37. The summed E-state index contributed by atoms with van der Waals surface area (Å²) in [6.07, 6.45) is 1.82. The summed E-state index contributed by atoms with van der Waals surface area (Å²) in [6.45, 7) is 0. The first kappa shape index (κ1) is 15.2. The maximum absolute atomic E-state index is 6.25. The van der Waals surface area contributed by atoms with E-state index in [4.69, 9.17) is 9.40 Å². The summed E-state index contributed by atoms with van der Waals surface area (Å²) in [5, 5.41) is 2.09. The predicted octanol–water partition coefficient (Wildman–Crippen LogP) is 5.99. The summed E-state index contributed by atoms with van der Waals surface area (Å²) in [7, 11) is 0. The molecule has 0 saturated heterocycles. The summed E-state index contributed by atoms with van der Waals surface area (Å²) in [4.78, 5) is 9.58. The SMILES string of the molecule is c1ccc(-c2cccc(-n3c4cccnc4c4c5ccccc5oc43)n2)cc1. The van der Waals surface area contributed by atoms with E-state index < -0.39 is 0 Å². The number of furan rings is 1. The number of benzene rings is 2. The Morgan fingerprint density at radius 2 is 1.61 bits per heavy atom. The highest BCUT2D eigenvalue weighted by Gasteiger charge is 2.20. The van der Waals surface area contributed by atoms with Gasteiger partial charge in [0, 0.05) is 17.1 Å². The van der Waals surface area contributed by atoms with Crippen LogP contribution in [0.5, 0.6) is 0 Å². The Balaban J connectivity index is 1.70. The van der Waals surface area contributed by atoms with Crippen LogP contribution in [0.25, 0.3) is 50.2 Å². The summed E-state index contributed by atoms with van der Waals surface area (Å²) in [5.41, 5.74) is 5.54. The van der Waals surface area contributed by atoms with Crippen LogP contribution in [0.4, 0.5) is 0 Å². The molecule has 2 aromatic carbocycles. The first-order valence-electron chi connectivity index (χ1n) is 9.20. The second-order valence-corrected chi connectivity index (χ2v) is 6.73. The van der Waals surface area contributed by atoms with E-state index in [1.807, 2.05) is 66.9 Å². The van der Waals surface area contributed by atoms with Gasteiger partial charge >= 0.3 is 0 Å². The van der Waals surface area contributed by atoms with Gasteiger partial charge < -0.3 is 4.42 Å². The van der Waals surface area contributed by atoms with Crippen molar-refractivity contribution in [3.63, 3.8) is 0 Å². The van der Waals surface area contributed by atoms with Crippen molar-refractivity contribution in [2.75, 3.05) is 0 Å². The van der Waals surface area contributed by atoms with Crippen molar-refractivity contribution in [2.24, 2.45) is 0 Å². The van der Waals surface area contributed by atoms with Crippen molar-refractivity contribution in [1.29, 1.82) is 0 Å². The predicted molar refractivity (Wildman–Crippen MR) is 112 cm³/mol. The van der Waals surface area contributed by atoms with E-state index in [9.17, 15) is 0 Å². The molecular formula is C24H15N3O. The zero-order valence-corrected chi connectivity index (χ0v) is 14.9. The zero-order chi connectivity index (χ0) is 18.5. The van der Waals surface area contributed by atoms with Gasteiger partial charge in [-0.25, -0.2) is 4.98 Å². The third-order valence-electron chi connectivity index (χ3n) is 5.08. The van der Waals surface area contributed by atoms with Crippen molar-refractivity contribution in [2.45, 2.75) is 0 Å². The van der Waals surface area contributed by atoms with Crippen LogP contribution < -0.4 is 0 Å². The number of nitrogens with zero attached hydrogens (tertiary/aromatic N) is 3. The molecule has 0 saturated carbocycles. The fraction of sp³-hybridized carbons (Fsp3) is 0. The zero-order valence-electron chi connectivity index (χ0n) is 14.9. The largest absolute Gasteiger partial charge is 0.439 e. The molecule has 28 heavy (non-hydrogen) atoms. The monoisotopic (exact) mass is 361 g/mol. The van der Waals surface area contributed by atoms with Gasteiger partial charge in [0.15, 0.2) is 0 Å². The molecule has 0 aliphatic heterocycles. The molecule has 0 unspecified atom stereocenters. The summed E-state index contributed by atoms with van der Waals surface area (Å²) in [6, 6.07) is 28.3. The van der Waals surface area contributed by atoms with Gasteiger partial charge in [0.2, 0.25) is 5.71 Å². The minimum atomic E-state index is 0.771. The van der Waals surface area contributed by atoms with Crippen LogP contribution in [-0.2, 0) is 0 Å². The molecule has 0 aliphatic carbocycles. The first-order chi connectivity index (χ1) is 13.9. The van der Waals surface area contributed by atoms with Gasteiger partial charge in [-0.15, -0.1) is 0 Å². The van der Waals surface area contributed by atoms with Gasteiger partial charge in [0.1, 0.15) is 16.9 Å². The Hall–Kier alpha value is -3.92. The van der Waals surface area contributed by atoms with Crippen molar-refractivity contribution >= 4 is 33.1 Å². The van der Waals surface area contributed by atoms with Crippen LogP contribution in [0.3, 0.4) is 0 Å². The summed E-state index contributed by atoms with van der Waals surface area (Å²) >= 11 is 0. The highest BCUT2D eigenvalue weighted by molar-refractivity contribution is 6.18. The fourth-order valence-corrected chi connectivity index (χ4v) is 3.84. The number of aromatic nitrogens is 3. The third kappa shape index (κ3) is 2.12. The topological polar surface area (TPSA) is 43.9 Å². The van der Waals surface area contributed by atoms with Crippen LogP contribution >= 0.6 is 0 Å². The summed E-state index contributed by atoms with van der Waals surface area (Å²) < 4.78 is 8.31. The molecule has 0 amide bonds. The molecule has 6 aromatic rings. The van der Waals surface area contributed by atoms with Crippen LogP contribution in [0, 0.1) is 0 Å². The summed E-state index contributed by atoms with van der Waals surface area (Å²) in [5.74, 6) is 0.813. The first-order valence-corrected chi connectivity index (χ1v) is 9.20. The molecule has 132 valence electrons. The maximum Gasteiger partial charge on any atom is 0.216 e. The molecule has 0 aliphatic rings. The van der Waals surface area contributed by atoms with E-state index in [2.05, 4.69) is 33.8 Å².